The third-order valence-electron chi connectivity index (χ3n) is 6.09. The van der Waals surface area contributed by atoms with Crippen LogP contribution in [0.15, 0.2) is 64.5 Å². The Kier molecular flexibility index (Phi) is 6.19. The number of aromatic nitrogens is 2. The van der Waals surface area contributed by atoms with Gasteiger partial charge in [0.15, 0.2) is 10.9 Å². The molecule has 0 fully saturated rings. The normalized spacial score (nSPS) is 13.9. The third kappa shape index (κ3) is 4.28. The van der Waals surface area contributed by atoms with Crippen LogP contribution in [0.4, 0.5) is 0 Å². The lowest BCUT2D eigenvalue weighted by Crippen LogP contribution is -2.30. The number of thioether (sulfide) groups is 1. The van der Waals surface area contributed by atoms with Gasteiger partial charge in [-0.05, 0) is 37.6 Å². The number of fused-ring (bicyclic) bond motifs is 3. The van der Waals surface area contributed by atoms with Crippen LogP contribution in [0.2, 0.25) is 0 Å². The number of benzene rings is 2. The molecule has 5 rings (SSSR count). The number of hydrogen-bond acceptors (Lipinski definition) is 6. The molecule has 5 nitrogen and oxygen atoms in total. The number of Topliss-reactive ketones (excluding diaryl/α,β-unsaturated/α-hetero) is 1. The molecule has 2 aromatic heterocycles. The number of ketones is 1. The molecule has 0 atom stereocenters. The van der Waals surface area contributed by atoms with Gasteiger partial charge in [0.1, 0.15) is 4.83 Å². The molecule has 0 saturated carbocycles. The van der Waals surface area contributed by atoms with Gasteiger partial charge in [0.05, 0.1) is 16.8 Å². The number of rotatable bonds is 6. The Morgan fingerprint density at radius 3 is 2.61 bits per heavy atom. The first-order valence-electron chi connectivity index (χ1n) is 11.1. The fraction of sp³-hybridized carbons (Fsp3) is 0.269. The lowest BCUT2D eigenvalue weighted by atomic mass is 10.1. The molecule has 1 aliphatic rings. The lowest BCUT2D eigenvalue weighted by molar-refractivity contribution is 0.102. The van der Waals surface area contributed by atoms with Crippen LogP contribution < -0.4 is 5.56 Å². The van der Waals surface area contributed by atoms with Crippen molar-refractivity contribution in [3.8, 4) is 5.69 Å². The van der Waals surface area contributed by atoms with Crippen LogP contribution in [0, 0.1) is 6.92 Å². The molecule has 0 saturated heterocycles. The first-order chi connectivity index (χ1) is 16.0. The average Bonchev–Trinajstić information content (AvgIpc) is 3.21. The molecule has 168 valence electrons. The summed E-state index contributed by atoms with van der Waals surface area (Å²) >= 11 is 2.95. The quantitative estimate of drug-likeness (QED) is 0.220. The van der Waals surface area contributed by atoms with Crippen molar-refractivity contribution in [1.29, 1.82) is 0 Å². The van der Waals surface area contributed by atoms with E-state index < -0.39 is 0 Å². The summed E-state index contributed by atoms with van der Waals surface area (Å²) in [6.07, 6.45) is 0.868. The standard InChI is InChI=1S/C26H25N3O2S2/c1-3-28-14-13-20-22(15-28)33-24-23(20)25(31)29(19-7-5-4-6-8-19)26(27-24)32-16-21(30)18-11-9-17(2)10-12-18/h4-12H,3,13-16H2,1-2H3. The zero-order valence-corrected chi connectivity index (χ0v) is 20.3. The summed E-state index contributed by atoms with van der Waals surface area (Å²) in [6, 6.07) is 17.2. The van der Waals surface area contributed by atoms with Crippen molar-refractivity contribution in [2.45, 2.75) is 32.0 Å². The van der Waals surface area contributed by atoms with E-state index in [1.807, 2.05) is 61.5 Å². The molecule has 1 aliphatic heterocycles. The molecule has 0 bridgehead atoms. The summed E-state index contributed by atoms with van der Waals surface area (Å²) in [7, 11) is 0. The Hall–Kier alpha value is -2.74. The number of nitrogens with zero attached hydrogens (tertiary/aromatic N) is 3. The highest BCUT2D eigenvalue weighted by Gasteiger charge is 2.25. The third-order valence-corrected chi connectivity index (χ3v) is 8.14. The van der Waals surface area contributed by atoms with Crippen molar-refractivity contribution in [1.82, 2.24) is 14.5 Å². The monoisotopic (exact) mass is 475 g/mol. The fourth-order valence-electron chi connectivity index (χ4n) is 4.20. The Morgan fingerprint density at radius 2 is 1.88 bits per heavy atom. The van der Waals surface area contributed by atoms with E-state index >= 15 is 0 Å². The van der Waals surface area contributed by atoms with Crippen LogP contribution in [0.25, 0.3) is 15.9 Å². The predicted molar refractivity (Wildman–Crippen MR) is 136 cm³/mol. The van der Waals surface area contributed by atoms with E-state index in [0.717, 1.165) is 53.1 Å². The molecular weight excluding hydrogens is 450 g/mol. The van der Waals surface area contributed by atoms with Gasteiger partial charge in [-0.1, -0.05) is 66.7 Å². The van der Waals surface area contributed by atoms with Crippen LogP contribution in [-0.2, 0) is 13.0 Å². The Labute approximate surface area is 201 Å². The summed E-state index contributed by atoms with van der Waals surface area (Å²) in [5.41, 5.74) is 3.67. The second-order valence-corrected chi connectivity index (χ2v) is 10.3. The van der Waals surface area contributed by atoms with Gasteiger partial charge in [0, 0.05) is 23.5 Å². The average molecular weight is 476 g/mol. The number of likely N-dealkylation sites (N-methyl/N-ethyl adjacent to an activating group) is 1. The number of carbonyl (C=O) groups is 1. The Morgan fingerprint density at radius 1 is 1.12 bits per heavy atom. The Bertz CT molecular complexity index is 1370. The smallest absolute Gasteiger partial charge is 0.267 e. The van der Waals surface area contributed by atoms with Crippen LogP contribution in [0.1, 0.15) is 33.3 Å². The topological polar surface area (TPSA) is 55.2 Å². The molecule has 0 unspecified atom stereocenters. The van der Waals surface area contributed by atoms with Gasteiger partial charge in [-0.3, -0.25) is 19.1 Å². The molecule has 0 aliphatic carbocycles. The number of aryl methyl sites for hydroxylation is 1. The maximum Gasteiger partial charge on any atom is 0.267 e. The van der Waals surface area contributed by atoms with E-state index in [1.165, 1.54) is 16.6 Å². The van der Waals surface area contributed by atoms with Gasteiger partial charge in [0.25, 0.3) is 5.56 Å². The maximum absolute atomic E-state index is 13.8. The minimum absolute atomic E-state index is 0.0259. The molecule has 3 heterocycles. The molecule has 0 radical (unpaired) electrons. The van der Waals surface area contributed by atoms with Gasteiger partial charge in [-0.15, -0.1) is 11.3 Å². The van der Waals surface area contributed by atoms with Gasteiger partial charge in [0.2, 0.25) is 0 Å². The summed E-state index contributed by atoms with van der Waals surface area (Å²) in [4.78, 5) is 35.9. The van der Waals surface area contributed by atoms with Crippen LogP contribution in [0.3, 0.4) is 0 Å². The Balaban J connectivity index is 1.57. The summed E-state index contributed by atoms with van der Waals surface area (Å²) in [5, 5.41) is 1.30. The molecular formula is C26H25N3O2S2. The van der Waals surface area contributed by atoms with Crippen LogP contribution in [-0.4, -0.2) is 39.1 Å². The zero-order chi connectivity index (χ0) is 22.9. The largest absolute Gasteiger partial charge is 0.298 e. The number of thiophene rings is 1. The van der Waals surface area contributed by atoms with E-state index in [9.17, 15) is 9.59 Å². The zero-order valence-electron chi connectivity index (χ0n) is 18.7. The highest BCUT2D eigenvalue weighted by Crippen LogP contribution is 2.34. The first kappa shape index (κ1) is 22.1. The van der Waals surface area contributed by atoms with E-state index in [1.54, 1.807) is 15.9 Å². The minimum atomic E-state index is -0.0427. The van der Waals surface area contributed by atoms with E-state index in [4.69, 9.17) is 4.98 Å². The lowest BCUT2D eigenvalue weighted by Gasteiger charge is -2.25. The van der Waals surface area contributed by atoms with E-state index in [2.05, 4.69) is 11.8 Å². The molecule has 2 aromatic carbocycles. The van der Waals surface area contributed by atoms with E-state index in [0.29, 0.717) is 10.7 Å². The second kappa shape index (κ2) is 9.25. The van der Waals surface area contributed by atoms with Gasteiger partial charge in [-0.2, -0.15) is 0 Å². The van der Waals surface area contributed by atoms with Crippen LogP contribution in [0.5, 0.6) is 0 Å². The number of para-hydroxylation sites is 1. The van der Waals surface area contributed by atoms with Crippen molar-refractivity contribution >= 4 is 39.1 Å². The number of hydrogen-bond donors (Lipinski definition) is 0. The number of carbonyl (C=O) groups excluding carboxylic acids is 1. The molecule has 33 heavy (non-hydrogen) atoms. The highest BCUT2D eigenvalue weighted by molar-refractivity contribution is 7.99. The molecule has 0 spiro atoms. The van der Waals surface area contributed by atoms with Crippen molar-refractivity contribution in [3.05, 3.63) is 86.5 Å². The summed E-state index contributed by atoms with van der Waals surface area (Å²) in [5.74, 6) is 0.251. The van der Waals surface area contributed by atoms with E-state index in [-0.39, 0.29) is 17.1 Å². The summed E-state index contributed by atoms with van der Waals surface area (Å²) < 4.78 is 1.68. The predicted octanol–water partition coefficient (Wildman–Crippen LogP) is 5.11. The van der Waals surface area contributed by atoms with Gasteiger partial charge >= 0.3 is 0 Å². The van der Waals surface area contributed by atoms with Crippen molar-refractivity contribution < 1.29 is 4.79 Å². The second-order valence-electron chi connectivity index (χ2n) is 8.25. The molecule has 4 aromatic rings. The minimum Gasteiger partial charge on any atom is -0.298 e. The molecule has 7 heteroatoms. The molecule has 0 N–H and O–H groups in total. The molecule has 0 amide bonds. The maximum atomic E-state index is 13.8. The SMILES string of the molecule is CCN1CCc2c(sc3nc(SCC(=O)c4ccc(C)cc4)n(-c4ccccc4)c(=O)c23)C1. The van der Waals surface area contributed by atoms with Crippen molar-refractivity contribution in [2.75, 3.05) is 18.8 Å². The van der Waals surface area contributed by atoms with Crippen molar-refractivity contribution in [2.24, 2.45) is 0 Å². The summed E-state index contributed by atoms with van der Waals surface area (Å²) in [6.45, 7) is 6.99. The van der Waals surface area contributed by atoms with Gasteiger partial charge in [-0.25, -0.2) is 4.98 Å². The first-order valence-corrected chi connectivity index (χ1v) is 12.9. The fourth-order valence-corrected chi connectivity index (χ4v) is 6.41. The van der Waals surface area contributed by atoms with Gasteiger partial charge < -0.3 is 0 Å². The highest BCUT2D eigenvalue weighted by atomic mass is 32.2. The van der Waals surface area contributed by atoms with Crippen LogP contribution >= 0.6 is 23.1 Å². The van der Waals surface area contributed by atoms with Crippen molar-refractivity contribution in [3.63, 3.8) is 0 Å².